The van der Waals surface area contributed by atoms with E-state index in [1.54, 1.807) is 6.92 Å². The zero-order chi connectivity index (χ0) is 12.7. The highest BCUT2D eigenvalue weighted by Gasteiger charge is 2.09. The highest BCUT2D eigenvalue weighted by Crippen LogP contribution is 1.92. The Morgan fingerprint density at radius 2 is 1.31 bits per heavy atom. The maximum absolute atomic E-state index is 11.3. The summed E-state index contributed by atoms with van der Waals surface area (Å²) in [4.78, 5) is 0. The molecule has 0 saturated carbocycles. The van der Waals surface area contributed by atoms with Gasteiger partial charge in [-0.25, -0.2) is 16.8 Å². The van der Waals surface area contributed by atoms with Gasteiger partial charge in [-0.2, -0.15) is 0 Å². The topological polar surface area (TPSA) is 80.3 Å². The van der Waals surface area contributed by atoms with Crippen LogP contribution in [-0.4, -0.2) is 52.9 Å². The van der Waals surface area contributed by atoms with Crippen molar-refractivity contribution >= 4 is 19.7 Å². The van der Waals surface area contributed by atoms with Gasteiger partial charge in [0.2, 0.25) is 0 Å². The van der Waals surface area contributed by atoms with Crippen LogP contribution in [0.3, 0.4) is 0 Å². The summed E-state index contributed by atoms with van der Waals surface area (Å²) in [5.74, 6) is 0.467. The van der Waals surface area contributed by atoms with Crippen LogP contribution in [0.1, 0.15) is 20.3 Å². The highest BCUT2D eigenvalue weighted by atomic mass is 32.2. The maximum Gasteiger partial charge on any atom is 0.151 e. The lowest BCUT2D eigenvalue weighted by atomic mass is 10.6. The molecule has 0 aliphatic heterocycles. The molecule has 0 radical (unpaired) electrons. The van der Waals surface area contributed by atoms with E-state index in [0.29, 0.717) is 19.5 Å². The Kier molecular flexibility index (Phi) is 7.17. The largest absolute Gasteiger partial charge is 0.315 e. The lowest BCUT2D eigenvalue weighted by Gasteiger charge is -2.05. The molecule has 0 aliphatic carbocycles. The van der Waals surface area contributed by atoms with E-state index >= 15 is 0 Å². The normalized spacial score (nSPS) is 12.9. The molecule has 0 saturated heterocycles. The Labute approximate surface area is 98.5 Å². The predicted octanol–water partition coefficient (Wildman–Crippen LogP) is -0.164. The van der Waals surface area contributed by atoms with E-state index in [4.69, 9.17) is 0 Å². The van der Waals surface area contributed by atoms with Crippen LogP contribution in [0, 0.1) is 0 Å². The lowest BCUT2D eigenvalue weighted by molar-refractivity contribution is 0.588. The fraction of sp³-hybridized carbons (Fsp3) is 1.00. The summed E-state index contributed by atoms with van der Waals surface area (Å²) < 4.78 is 44.8. The molecule has 0 aliphatic rings. The Hall–Kier alpha value is -0.140. The summed E-state index contributed by atoms with van der Waals surface area (Å²) in [6.07, 6.45) is 0.618. The Bertz CT molecular complexity index is 372. The molecule has 0 aromatic heterocycles. The van der Waals surface area contributed by atoms with Crippen LogP contribution in [0.4, 0.5) is 0 Å². The van der Waals surface area contributed by atoms with E-state index in [-0.39, 0.29) is 23.0 Å². The van der Waals surface area contributed by atoms with Crippen molar-refractivity contribution in [1.82, 2.24) is 5.32 Å². The van der Waals surface area contributed by atoms with Gasteiger partial charge in [0.15, 0.2) is 19.7 Å². The fourth-order valence-electron chi connectivity index (χ4n) is 1.14. The van der Waals surface area contributed by atoms with E-state index in [0.717, 1.165) is 0 Å². The monoisotopic (exact) mass is 271 g/mol. The molecule has 0 atom stereocenters. The van der Waals surface area contributed by atoms with Crippen LogP contribution >= 0.6 is 0 Å². The molecule has 5 nitrogen and oxygen atoms in total. The summed E-state index contributed by atoms with van der Waals surface area (Å²) in [6, 6.07) is 0. The van der Waals surface area contributed by atoms with E-state index < -0.39 is 19.7 Å². The van der Waals surface area contributed by atoms with Crippen molar-refractivity contribution in [1.29, 1.82) is 0 Å². The standard InChI is InChI=1S/C9H21NO4S2/c1-3-7-16(13,14)9-6-10-5-8-15(11,12)4-2/h10H,3-9H2,1-2H3. The van der Waals surface area contributed by atoms with Crippen LogP contribution in [0.25, 0.3) is 0 Å². The van der Waals surface area contributed by atoms with Gasteiger partial charge in [-0.15, -0.1) is 0 Å². The molecule has 0 heterocycles. The van der Waals surface area contributed by atoms with Gasteiger partial charge in [0.05, 0.1) is 11.5 Å². The first kappa shape index (κ1) is 15.9. The molecular weight excluding hydrogens is 250 g/mol. The molecule has 0 rings (SSSR count). The third-order valence-corrected chi connectivity index (χ3v) is 5.70. The zero-order valence-corrected chi connectivity index (χ0v) is 11.5. The summed E-state index contributed by atoms with van der Waals surface area (Å²) in [5, 5.41) is 2.83. The molecule has 0 aromatic rings. The second-order valence-corrected chi connectivity index (χ2v) is 8.41. The SMILES string of the molecule is CCCS(=O)(=O)CCNCCS(=O)(=O)CC. The van der Waals surface area contributed by atoms with Crippen LogP contribution < -0.4 is 5.32 Å². The van der Waals surface area contributed by atoms with Crippen molar-refractivity contribution in [2.75, 3.05) is 36.1 Å². The van der Waals surface area contributed by atoms with Crippen LogP contribution in [0.5, 0.6) is 0 Å². The maximum atomic E-state index is 11.3. The van der Waals surface area contributed by atoms with Crippen LogP contribution in [0.15, 0.2) is 0 Å². The summed E-state index contributed by atoms with van der Waals surface area (Å²) >= 11 is 0. The summed E-state index contributed by atoms with van der Waals surface area (Å²) in [6.45, 7) is 4.05. The number of hydrogen-bond acceptors (Lipinski definition) is 5. The molecule has 7 heteroatoms. The van der Waals surface area contributed by atoms with Gasteiger partial charge in [0.1, 0.15) is 0 Å². The number of sulfone groups is 2. The van der Waals surface area contributed by atoms with Crippen LogP contribution in [-0.2, 0) is 19.7 Å². The van der Waals surface area contributed by atoms with E-state index in [1.807, 2.05) is 6.92 Å². The average Bonchev–Trinajstić information content (AvgIpc) is 2.17. The quantitative estimate of drug-likeness (QED) is 0.589. The number of rotatable bonds is 9. The molecule has 0 aromatic carbocycles. The summed E-state index contributed by atoms with van der Waals surface area (Å²) in [7, 11) is -5.92. The first-order valence-electron chi connectivity index (χ1n) is 5.44. The molecule has 0 bridgehead atoms. The molecule has 98 valence electrons. The van der Waals surface area contributed by atoms with Crippen molar-refractivity contribution in [2.24, 2.45) is 0 Å². The molecule has 0 unspecified atom stereocenters. The Morgan fingerprint density at radius 1 is 0.812 bits per heavy atom. The summed E-state index contributed by atoms with van der Waals surface area (Å²) in [5.41, 5.74) is 0. The van der Waals surface area contributed by atoms with E-state index in [2.05, 4.69) is 5.32 Å². The smallest absolute Gasteiger partial charge is 0.151 e. The first-order chi connectivity index (χ1) is 7.33. The minimum atomic E-state index is -2.97. The van der Waals surface area contributed by atoms with Crippen molar-refractivity contribution in [3.05, 3.63) is 0 Å². The minimum absolute atomic E-state index is 0.0668. The lowest BCUT2D eigenvalue weighted by Crippen LogP contribution is -2.29. The fourth-order valence-corrected chi connectivity index (χ4v) is 3.16. The highest BCUT2D eigenvalue weighted by molar-refractivity contribution is 7.91. The predicted molar refractivity (Wildman–Crippen MR) is 66.1 cm³/mol. The van der Waals surface area contributed by atoms with Gasteiger partial charge < -0.3 is 5.32 Å². The van der Waals surface area contributed by atoms with Gasteiger partial charge in [0.25, 0.3) is 0 Å². The second-order valence-electron chi connectivity index (χ2n) is 3.64. The van der Waals surface area contributed by atoms with Crippen LogP contribution in [0.2, 0.25) is 0 Å². The van der Waals surface area contributed by atoms with Gasteiger partial charge in [-0.05, 0) is 6.42 Å². The Balaban J connectivity index is 3.70. The van der Waals surface area contributed by atoms with Gasteiger partial charge in [-0.1, -0.05) is 13.8 Å². The van der Waals surface area contributed by atoms with Crippen molar-refractivity contribution < 1.29 is 16.8 Å². The third kappa shape index (κ3) is 8.06. The number of hydrogen-bond donors (Lipinski definition) is 1. The van der Waals surface area contributed by atoms with Gasteiger partial charge in [-0.3, -0.25) is 0 Å². The van der Waals surface area contributed by atoms with E-state index in [9.17, 15) is 16.8 Å². The molecule has 16 heavy (non-hydrogen) atoms. The van der Waals surface area contributed by atoms with Crippen molar-refractivity contribution in [3.63, 3.8) is 0 Å². The molecule has 0 fully saturated rings. The van der Waals surface area contributed by atoms with Crippen molar-refractivity contribution in [3.8, 4) is 0 Å². The van der Waals surface area contributed by atoms with Crippen molar-refractivity contribution in [2.45, 2.75) is 20.3 Å². The first-order valence-corrected chi connectivity index (χ1v) is 9.09. The Morgan fingerprint density at radius 3 is 1.75 bits per heavy atom. The van der Waals surface area contributed by atoms with Gasteiger partial charge in [0, 0.05) is 24.6 Å². The zero-order valence-electron chi connectivity index (χ0n) is 9.90. The third-order valence-electron chi connectivity index (χ3n) is 2.13. The molecule has 0 spiro atoms. The van der Waals surface area contributed by atoms with Gasteiger partial charge >= 0.3 is 0 Å². The molecule has 0 amide bonds. The van der Waals surface area contributed by atoms with E-state index in [1.165, 1.54) is 0 Å². The molecular formula is C9H21NO4S2. The average molecular weight is 271 g/mol. The molecule has 1 N–H and O–H groups in total. The second kappa shape index (κ2) is 7.24. The number of nitrogens with one attached hydrogen (secondary N) is 1. The minimum Gasteiger partial charge on any atom is -0.315 e.